The van der Waals surface area contributed by atoms with Crippen LogP contribution in [0.1, 0.15) is 14.7 Å². The van der Waals surface area contributed by atoms with E-state index in [1.807, 2.05) is 0 Å². The molecule has 3 nitrogen and oxygen atoms in total. The van der Waals surface area contributed by atoms with E-state index < -0.39 is 30.1 Å². The lowest BCUT2D eigenvalue weighted by molar-refractivity contribution is 0.0662. The molecule has 0 aliphatic rings. The smallest absolute Gasteiger partial charge is 0.371 e. The van der Waals surface area contributed by atoms with Crippen molar-refractivity contribution in [2.24, 2.45) is 0 Å². The second kappa shape index (κ2) is 1.69. The van der Waals surface area contributed by atoms with Crippen LogP contribution in [0.5, 0.6) is 0 Å². The molecular formula is C5H4O3. The summed E-state index contributed by atoms with van der Waals surface area (Å²) in [4.78, 5) is 10.6. The second-order valence-corrected chi connectivity index (χ2v) is 1.07. The van der Waals surface area contributed by atoms with Crippen LogP contribution in [-0.4, -0.2) is 11.1 Å². The molecular weight excluding hydrogens is 108 g/mol. The van der Waals surface area contributed by atoms with Crippen LogP contribution >= 0.6 is 0 Å². The molecule has 1 rings (SSSR count). The Bertz CT molecular complexity index is 319. The fraction of sp³-hybridized carbons (Fsp3) is 0. The summed E-state index contributed by atoms with van der Waals surface area (Å²) >= 11 is 0. The Morgan fingerprint density at radius 1 is 2.12 bits per heavy atom. The maximum Gasteiger partial charge on any atom is 0.371 e. The van der Waals surface area contributed by atoms with Gasteiger partial charge in [0.25, 0.3) is 1.43 Å². The molecule has 0 aliphatic heterocycles. The highest BCUT2D eigenvalue weighted by Crippen LogP contribution is 1.97. The topological polar surface area (TPSA) is 50.4 Å². The predicted octanol–water partition coefficient (Wildman–Crippen LogP) is 0.978. The maximum absolute atomic E-state index is 10.6. The van der Waals surface area contributed by atoms with E-state index in [1.54, 1.807) is 0 Å². The van der Waals surface area contributed by atoms with Crippen LogP contribution in [0, 0.1) is 0 Å². The Morgan fingerprint density at radius 2 is 3.00 bits per heavy atom. The summed E-state index contributed by atoms with van der Waals surface area (Å²) in [5.41, 5.74) is 0. The summed E-state index contributed by atoms with van der Waals surface area (Å²) in [6.45, 7) is 0. The van der Waals surface area contributed by atoms with Gasteiger partial charge in [-0.15, -0.1) is 0 Å². The molecule has 0 spiro atoms. The Hall–Kier alpha value is -1.25. The molecule has 0 atom stereocenters. The average Bonchev–Trinajstić information content (AvgIpc) is 2.32. The van der Waals surface area contributed by atoms with Gasteiger partial charge in [-0.05, 0) is 12.1 Å². The summed E-state index contributed by atoms with van der Waals surface area (Å²) in [5.74, 6) is -1.76. The first-order valence-electron chi connectivity index (χ1n) is 3.72. The molecule has 0 amide bonds. The van der Waals surface area contributed by atoms with Crippen LogP contribution in [0.15, 0.2) is 22.7 Å². The molecule has 8 heavy (non-hydrogen) atoms. The monoisotopic (exact) mass is 116 g/mol. The van der Waals surface area contributed by atoms with Crippen molar-refractivity contribution in [1.29, 1.82) is 1.43 Å². The Morgan fingerprint density at radius 3 is 3.50 bits per heavy atom. The number of aromatic carboxylic acids is 1. The zero-order valence-corrected chi connectivity index (χ0v) is 3.72. The van der Waals surface area contributed by atoms with Gasteiger partial charge in [0.15, 0.2) is 0 Å². The highest BCUT2D eigenvalue weighted by Gasteiger charge is 2.01. The zero-order chi connectivity index (χ0) is 9.30. The van der Waals surface area contributed by atoms with Crippen molar-refractivity contribution in [2.45, 2.75) is 0 Å². The van der Waals surface area contributed by atoms with Crippen LogP contribution in [0.25, 0.3) is 1.43 Å². The second-order valence-electron chi connectivity index (χ2n) is 1.07. The van der Waals surface area contributed by atoms with Crippen LogP contribution in [0.4, 0.5) is 0 Å². The molecule has 0 saturated carbocycles. The summed E-state index contributed by atoms with van der Waals surface area (Å²) < 4.78 is 31.6. The number of carboxylic acid groups (broad SMARTS) is 1. The van der Waals surface area contributed by atoms with Crippen LogP contribution in [0.2, 0.25) is 0 Å². The first kappa shape index (κ1) is 1.93. The van der Waals surface area contributed by atoms with Gasteiger partial charge in [0.1, 0.15) is 1.37 Å². The van der Waals surface area contributed by atoms with Crippen molar-refractivity contribution in [3.05, 3.63) is 24.1 Å². The third kappa shape index (κ3) is 0.703. The van der Waals surface area contributed by atoms with Crippen molar-refractivity contribution in [3.8, 4) is 0 Å². The van der Waals surface area contributed by atoms with E-state index in [0.717, 1.165) is 0 Å². The molecule has 0 radical (unpaired) electrons. The van der Waals surface area contributed by atoms with Crippen molar-refractivity contribution < 1.29 is 18.4 Å². The van der Waals surface area contributed by atoms with E-state index in [-0.39, 0.29) is 0 Å². The molecule has 0 bridgehead atoms. The van der Waals surface area contributed by atoms with E-state index in [2.05, 4.69) is 9.53 Å². The number of carboxylic acids is 1. The Labute approximate surface area is 51.3 Å². The number of furan rings is 1. The van der Waals surface area contributed by atoms with Gasteiger partial charge < -0.3 is 9.53 Å². The minimum absolute atomic E-state index is 0.490. The predicted molar refractivity (Wildman–Crippen MR) is 25.7 cm³/mol. The van der Waals surface area contributed by atoms with E-state index in [4.69, 9.17) is 5.54 Å². The third-order valence-electron chi connectivity index (χ3n) is 0.566. The summed E-state index contributed by atoms with van der Waals surface area (Å²) in [6, 6.07) is -1.02. The summed E-state index contributed by atoms with van der Waals surface area (Å²) in [7, 11) is 0. The molecule has 1 aromatic heterocycles. The summed E-state index contributed by atoms with van der Waals surface area (Å²) in [6.07, 6.45) is -0.583. The molecule has 0 fully saturated rings. The molecule has 0 aromatic carbocycles. The first-order chi connectivity index (χ1) is 5.57. The lowest BCUT2D eigenvalue weighted by atomic mass is 10.5. The first-order valence-corrected chi connectivity index (χ1v) is 1.82. The highest BCUT2D eigenvalue weighted by molar-refractivity contribution is 5.84. The SMILES string of the molecule is [2H]OC(=O)c1oc([2H])c([2H])c1[2H]. The fourth-order valence-corrected chi connectivity index (χ4v) is 0.277. The molecule has 1 N–H and O–H groups in total. The largest absolute Gasteiger partial charge is 0.475 e. The molecule has 0 aliphatic carbocycles. The van der Waals surface area contributed by atoms with Crippen LogP contribution < -0.4 is 0 Å². The van der Waals surface area contributed by atoms with Gasteiger partial charge in [-0.1, -0.05) is 0 Å². The van der Waals surface area contributed by atoms with Crippen molar-refractivity contribution in [1.82, 2.24) is 0 Å². The number of hydrogen-bond donors (Lipinski definition) is 1. The van der Waals surface area contributed by atoms with E-state index in [0.29, 0.717) is 0 Å². The van der Waals surface area contributed by atoms with Crippen molar-refractivity contribution in [2.75, 3.05) is 0 Å². The standard InChI is InChI=1S/C5H4O3/c6-5(7)4-2-1-3-8-4/h1-3H,(H,6,7)/i1D,2D,3D/hD. The fourth-order valence-electron chi connectivity index (χ4n) is 0.277. The molecule has 0 saturated heterocycles. The van der Waals surface area contributed by atoms with Gasteiger partial charge >= 0.3 is 5.97 Å². The number of rotatable bonds is 1. The highest BCUT2D eigenvalue weighted by atomic mass is 16.4. The van der Waals surface area contributed by atoms with Gasteiger partial charge in [0.2, 0.25) is 5.76 Å². The van der Waals surface area contributed by atoms with E-state index >= 15 is 0 Å². The van der Waals surface area contributed by atoms with Crippen molar-refractivity contribution in [3.63, 3.8) is 0 Å². The molecule has 42 valence electrons. The van der Waals surface area contributed by atoms with Gasteiger partial charge in [0.05, 0.1) is 8.98 Å². The molecule has 3 heteroatoms. The maximum atomic E-state index is 10.6. The Balaban J connectivity index is 3.17. The molecule has 0 unspecified atom stereocenters. The summed E-state index contributed by atoms with van der Waals surface area (Å²) in [5, 5.41) is 3.52. The van der Waals surface area contributed by atoms with Gasteiger partial charge in [-0.2, -0.15) is 0 Å². The third-order valence-corrected chi connectivity index (χ3v) is 0.566. The van der Waals surface area contributed by atoms with E-state index in [9.17, 15) is 4.79 Å². The number of hydrogen-bond acceptors (Lipinski definition) is 3. The van der Waals surface area contributed by atoms with Gasteiger partial charge in [0, 0.05) is 0 Å². The van der Waals surface area contributed by atoms with Gasteiger partial charge in [-0.25, -0.2) is 4.79 Å². The van der Waals surface area contributed by atoms with Crippen LogP contribution in [-0.2, 0) is 0 Å². The number of carbonyl (C=O) groups is 1. The molecule has 1 heterocycles. The average molecular weight is 116 g/mol. The lowest BCUT2D eigenvalue weighted by Gasteiger charge is -1.79. The van der Waals surface area contributed by atoms with Gasteiger partial charge in [-0.3, -0.25) is 0 Å². The van der Waals surface area contributed by atoms with E-state index in [1.165, 1.54) is 0 Å². The Kier molecular flexibility index (Phi) is 0.409. The minimum Gasteiger partial charge on any atom is -0.475 e. The zero-order valence-electron chi connectivity index (χ0n) is 7.72. The lowest BCUT2D eigenvalue weighted by Crippen LogP contribution is -1.90. The molecule has 1 aromatic rings. The van der Waals surface area contributed by atoms with Crippen molar-refractivity contribution >= 4 is 5.97 Å². The van der Waals surface area contributed by atoms with Crippen LogP contribution in [0.3, 0.4) is 0 Å². The normalized spacial score (nSPS) is 15.5. The minimum atomic E-state index is -1.17. The quantitative estimate of drug-likeness (QED) is 0.594.